The van der Waals surface area contributed by atoms with Gasteiger partial charge in [0.15, 0.2) is 0 Å². The first kappa shape index (κ1) is 37.0. The lowest BCUT2D eigenvalue weighted by atomic mass is 9.92. The van der Waals surface area contributed by atoms with Crippen LogP contribution >= 0.6 is 33.3 Å². The van der Waals surface area contributed by atoms with Crippen LogP contribution in [0, 0.1) is 5.92 Å². The van der Waals surface area contributed by atoms with Crippen LogP contribution in [0.15, 0.2) is 43.0 Å². The van der Waals surface area contributed by atoms with E-state index in [-0.39, 0.29) is 31.3 Å². The maximum Gasteiger partial charge on any atom is 0.308 e. The van der Waals surface area contributed by atoms with Crippen molar-refractivity contribution in [2.75, 3.05) is 23.5 Å². The summed E-state index contributed by atoms with van der Waals surface area (Å²) < 4.78 is 11.9. The molecule has 1 heterocycles. The third-order valence-corrected chi connectivity index (χ3v) is 10.2. The van der Waals surface area contributed by atoms with E-state index in [0.717, 1.165) is 24.2 Å². The maximum absolute atomic E-state index is 13.9. The molecule has 1 aromatic rings. The first-order chi connectivity index (χ1) is 20.7. The van der Waals surface area contributed by atoms with Crippen molar-refractivity contribution in [2.24, 2.45) is 5.92 Å². The van der Waals surface area contributed by atoms with Crippen LogP contribution in [0.25, 0.3) is 0 Å². The number of benzene rings is 1. The average Bonchev–Trinajstić information content (AvgIpc) is 2.98. The molecule has 0 aliphatic carbocycles. The Balaban J connectivity index is 2.42. The number of carbonyl (C=O) groups excluding carboxylic acids is 4. The van der Waals surface area contributed by atoms with E-state index < -0.39 is 48.1 Å². The molecule has 0 radical (unpaired) electrons. The summed E-state index contributed by atoms with van der Waals surface area (Å²) in [5.41, 5.74) is 0.931. The van der Waals surface area contributed by atoms with Gasteiger partial charge in [0.1, 0.15) is 18.2 Å². The molecule has 1 aliphatic rings. The van der Waals surface area contributed by atoms with Gasteiger partial charge in [-0.1, -0.05) is 78.3 Å². The molecule has 9 nitrogen and oxygen atoms in total. The van der Waals surface area contributed by atoms with Gasteiger partial charge in [0.2, 0.25) is 17.7 Å². The van der Waals surface area contributed by atoms with E-state index in [1.165, 1.54) is 10.8 Å². The van der Waals surface area contributed by atoms with Crippen molar-refractivity contribution in [1.82, 2.24) is 16.0 Å². The topological polar surface area (TPSA) is 123 Å². The van der Waals surface area contributed by atoms with Gasteiger partial charge in [-0.3, -0.25) is 19.2 Å². The van der Waals surface area contributed by atoms with Crippen LogP contribution in [0.4, 0.5) is 0 Å². The predicted octanol–water partition coefficient (Wildman–Crippen LogP) is 4.51. The van der Waals surface area contributed by atoms with Crippen molar-refractivity contribution in [3.05, 3.63) is 48.6 Å². The number of carbonyl (C=O) groups is 4. The van der Waals surface area contributed by atoms with Gasteiger partial charge in [-0.25, -0.2) is 0 Å². The van der Waals surface area contributed by atoms with Crippen LogP contribution in [-0.2, 0) is 35.3 Å². The van der Waals surface area contributed by atoms with Crippen molar-refractivity contribution < 1.29 is 28.7 Å². The molecule has 6 atom stereocenters. The number of allylic oxidation sites excluding steroid dienone is 1. The standard InChI is InChI=1S/C31H47N3O6S3/c1-6-8-15-42-43-20-25-31(38)34-29(21(3)7-2)26(39-19-23-12-10-9-11-13-23)18-28(36)40-22(4)17-27(35)32-24(14-16-41-5)30(37)33-25/h6,9-13,21-22,24-26,29H,1,7-8,14-20H2,2-5H3,(H,32,35)(H,33,37)(H,34,38)/t21?,22-,24-,25-,26+,29-/m1/s1. The Hall–Kier alpha value is -2.15. The summed E-state index contributed by atoms with van der Waals surface area (Å²) >= 11 is 1.56. The highest BCUT2D eigenvalue weighted by atomic mass is 33.1. The van der Waals surface area contributed by atoms with Crippen molar-refractivity contribution in [1.29, 1.82) is 0 Å². The van der Waals surface area contributed by atoms with Crippen LogP contribution in [-0.4, -0.2) is 77.5 Å². The highest BCUT2D eigenvalue weighted by Gasteiger charge is 2.35. The monoisotopic (exact) mass is 653 g/mol. The smallest absolute Gasteiger partial charge is 0.308 e. The summed E-state index contributed by atoms with van der Waals surface area (Å²) in [4.78, 5) is 53.3. The molecule has 3 N–H and O–H groups in total. The van der Waals surface area contributed by atoms with Crippen LogP contribution in [0.1, 0.15) is 58.4 Å². The van der Waals surface area contributed by atoms with E-state index >= 15 is 0 Å². The Morgan fingerprint density at radius 1 is 1.02 bits per heavy atom. The zero-order valence-corrected chi connectivity index (χ0v) is 28.1. The van der Waals surface area contributed by atoms with E-state index in [1.54, 1.807) is 29.5 Å². The van der Waals surface area contributed by atoms with E-state index in [2.05, 4.69) is 22.5 Å². The summed E-state index contributed by atoms with van der Waals surface area (Å²) in [6.07, 6.45) is 4.11. The second-order valence-electron chi connectivity index (χ2n) is 10.6. The van der Waals surface area contributed by atoms with Crippen molar-refractivity contribution in [2.45, 2.75) is 89.8 Å². The van der Waals surface area contributed by atoms with Crippen LogP contribution in [0.2, 0.25) is 0 Å². The first-order valence-electron chi connectivity index (χ1n) is 14.8. The summed E-state index contributed by atoms with van der Waals surface area (Å²) in [7, 11) is 3.10. The molecule has 1 fully saturated rings. The van der Waals surface area contributed by atoms with Gasteiger partial charge >= 0.3 is 5.97 Å². The van der Waals surface area contributed by atoms with E-state index in [0.29, 0.717) is 17.9 Å². The molecular formula is C31H47N3O6S3. The van der Waals surface area contributed by atoms with Gasteiger partial charge in [0.25, 0.3) is 0 Å². The summed E-state index contributed by atoms with van der Waals surface area (Å²) in [6.45, 7) is 9.66. The molecule has 43 heavy (non-hydrogen) atoms. The fourth-order valence-electron chi connectivity index (χ4n) is 4.45. The number of rotatable bonds is 14. The third-order valence-electron chi connectivity index (χ3n) is 7.07. The first-order valence-corrected chi connectivity index (χ1v) is 18.7. The zero-order valence-electron chi connectivity index (χ0n) is 25.7. The van der Waals surface area contributed by atoms with E-state index in [9.17, 15) is 19.2 Å². The summed E-state index contributed by atoms with van der Waals surface area (Å²) in [6, 6.07) is 7.39. The number of thioether (sulfide) groups is 1. The molecule has 0 aromatic heterocycles. The molecule has 1 aliphatic heterocycles. The highest BCUT2D eigenvalue weighted by Crippen LogP contribution is 2.24. The largest absolute Gasteiger partial charge is 0.462 e. The SMILES string of the molecule is C=CCCSSC[C@H]1NC(=O)[C@@H](CCSC)NC(=O)C[C@@H](C)OC(=O)C[C@H](OCc2ccccc2)[C@@H](C(C)CC)NC1=O. The van der Waals surface area contributed by atoms with E-state index in [1.807, 2.05) is 56.5 Å². The quantitative estimate of drug-likeness (QED) is 0.115. The molecule has 0 spiro atoms. The lowest BCUT2D eigenvalue weighted by Gasteiger charge is -2.33. The normalized spacial score (nSPS) is 24.9. The number of amides is 3. The predicted molar refractivity (Wildman–Crippen MR) is 178 cm³/mol. The fourth-order valence-corrected chi connectivity index (χ4v) is 7.10. The second-order valence-corrected chi connectivity index (χ2v) is 14.2. The number of hydrogen-bond acceptors (Lipinski definition) is 9. The maximum atomic E-state index is 13.9. The molecule has 1 unspecified atom stereocenters. The van der Waals surface area contributed by atoms with Crippen molar-refractivity contribution in [3.63, 3.8) is 0 Å². The molecule has 240 valence electrons. The number of nitrogens with one attached hydrogen (secondary N) is 3. The van der Waals surface area contributed by atoms with Crippen molar-refractivity contribution >= 4 is 57.0 Å². The minimum atomic E-state index is -0.861. The van der Waals surface area contributed by atoms with Gasteiger partial charge in [-0.15, -0.1) is 6.58 Å². The summed E-state index contributed by atoms with van der Waals surface area (Å²) in [5.74, 6) is 0.0389. The molecule has 2 rings (SSSR count). The number of ether oxygens (including phenoxy) is 2. The lowest BCUT2D eigenvalue weighted by Crippen LogP contribution is -2.58. The average molecular weight is 654 g/mol. The van der Waals surface area contributed by atoms with Gasteiger partial charge in [0.05, 0.1) is 31.6 Å². The van der Waals surface area contributed by atoms with Crippen LogP contribution < -0.4 is 16.0 Å². The minimum absolute atomic E-state index is 0.0471. The Kier molecular flexibility index (Phi) is 17.9. The van der Waals surface area contributed by atoms with Gasteiger partial charge in [-0.2, -0.15) is 11.8 Å². The Morgan fingerprint density at radius 3 is 2.42 bits per heavy atom. The van der Waals surface area contributed by atoms with Crippen molar-refractivity contribution in [3.8, 4) is 0 Å². The molecule has 3 amide bonds. The second kappa shape index (κ2) is 20.7. The van der Waals surface area contributed by atoms with Gasteiger partial charge < -0.3 is 25.4 Å². The van der Waals surface area contributed by atoms with E-state index in [4.69, 9.17) is 9.47 Å². The van der Waals surface area contributed by atoms with Crippen LogP contribution in [0.3, 0.4) is 0 Å². The molecule has 1 saturated heterocycles. The Morgan fingerprint density at radius 2 is 1.74 bits per heavy atom. The molecule has 1 aromatic carbocycles. The number of cyclic esters (lactones) is 1. The number of esters is 1. The Bertz CT molecular complexity index is 1030. The van der Waals surface area contributed by atoms with Gasteiger partial charge in [-0.05, 0) is 43.3 Å². The minimum Gasteiger partial charge on any atom is -0.462 e. The molecular weight excluding hydrogens is 607 g/mol. The van der Waals surface area contributed by atoms with Gasteiger partial charge in [0, 0.05) is 11.5 Å². The fraction of sp³-hybridized carbons (Fsp3) is 0.613. The Labute approximate surface area is 268 Å². The molecule has 0 saturated carbocycles. The van der Waals surface area contributed by atoms with Crippen LogP contribution in [0.5, 0.6) is 0 Å². The number of hydrogen-bond donors (Lipinski definition) is 3. The third kappa shape index (κ3) is 14.0. The lowest BCUT2D eigenvalue weighted by molar-refractivity contribution is -0.154. The molecule has 12 heteroatoms. The highest BCUT2D eigenvalue weighted by molar-refractivity contribution is 8.76. The summed E-state index contributed by atoms with van der Waals surface area (Å²) in [5, 5.41) is 8.82. The zero-order chi connectivity index (χ0) is 31.6. The molecule has 0 bridgehead atoms.